The van der Waals surface area contributed by atoms with Gasteiger partial charge in [0.25, 0.3) is 0 Å². The summed E-state index contributed by atoms with van der Waals surface area (Å²) in [6.45, 7) is 2.04. The van der Waals surface area contributed by atoms with E-state index in [0.29, 0.717) is 10.3 Å². The first-order valence-corrected chi connectivity index (χ1v) is 15.0. The molecule has 1 heterocycles. The minimum absolute atomic E-state index is 0.233. The minimum atomic E-state index is -4.02. The fraction of sp³-hybridized carbons (Fsp3) is 0.0690. The molecule has 3 nitrogen and oxygen atoms in total. The van der Waals surface area contributed by atoms with Crippen LogP contribution in [-0.2, 0) is 4.79 Å². The van der Waals surface area contributed by atoms with Gasteiger partial charge in [-0.3, -0.25) is 0 Å². The van der Waals surface area contributed by atoms with Crippen LogP contribution in [0.4, 0.5) is 0 Å². The van der Waals surface area contributed by atoms with E-state index in [9.17, 15) is 4.79 Å². The molecule has 4 aromatic carbocycles. The summed E-state index contributed by atoms with van der Waals surface area (Å²) in [7, 11) is 0. The average Bonchev–Trinajstić information content (AvgIpc) is 2.90. The first-order chi connectivity index (χ1) is 16.9. The number of rotatable bonds is 5. The summed E-state index contributed by atoms with van der Waals surface area (Å²) < 4.78 is 0. The van der Waals surface area contributed by atoms with Gasteiger partial charge in [-0.25, -0.2) is 0 Å². The molecule has 1 aliphatic rings. The van der Waals surface area contributed by atoms with Crippen LogP contribution in [0.25, 0.3) is 0 Å². The first-order valence-electron chi connectivity index (χ1n) is 11.4. The van der Waals surface area contributed by atoms with Gasteiger partial charge in [-0.1, -0.05) is 0 Å². The van der Waals surface area contributed by atoms with Gasteiger partial charge in [0.2, 0.25) is 0 Å². The predicted octanol–water partition coefficient (Wildman–Crippen LogP) is 5.50. The molecule has 0 fully saturated rings. The molecule has 4 aromatic rings. The van der Waals surface area contributed by atoms with Crippen LogP contribution in [0.2, 0.25) is 0 Å². The number of carbonyl (C=O) groups is 1. The molecule has 176 valence electrons. The third-order valence-electron chi connectivity index (χ3n) is 6.55. The number of benzene rings is 4. The molecule has 6 heteroatoms. The topological polar surface area (TPSA) is 41.1 Å². The number of hydrogen-bond donors (Lipinski definition) is 3. The zero-order valence-corrected chi connectivity index (χ0v) is 21.8. The second-order valence-corrected chi connectivity index (χ2v) is 15.2. The van der Waals surface area contributed by atoms with Gasteiger partial charge >= 0.3 is 217 Å². The van der Waals surface area contributed by atoms with E-state index in [1.165, 1.54) is 0 Å². The number of hydrogen-bond acceptors (Lipinski definition) is 3. The zero-order valence-electron chi connectivity index (χ0n) is 19.2. The summed E-state index contributed by atoms with van der Waals surface area (Å²) in [4.78, 5) is 14.1. The summed E-state index contributed by atoms with van der Waals surface area (Å²) in [6, 6.07) is 37.8. The Labute approximate surface area is 216 Å². The first kappa shape index (κ1) is 23.7. The Bertz CT molecular complexity index is 1290. The fourth-order valence-corrected chi connectivity index (χ4v) is 12.1. The molecule has 1 aliphatic heterocycles. The summed E-state index contributed by atoms with van der Waals surface area (Å²) in [5.41, 5.74) is 2.10. The van der Waals surface area contributed by atoms with E-state index in [0.717, 1.165) is 27.0 Å². The van der Waals surface area contributed by atoms with Gasteiger partial charge in [0.05, 0.1) is 0 Å². The summed E-state index contributed by atoms with van der Waals surface area (Å²) in [5, 5.41) is 10.2. The second-order valence-electron chi connectivity index (χ2n) is 8.67. The van der Waals surface area contributed by atoms with E-state index in [2.05, 4.69) is 10.6 Å². The number of amides is 1. The molecule has 0 radical (unpaired) electrons. The van der Waals surface area contributed by atoms with Crippen LogP contribution < -0.4 is 26.5 Å². The Balaban J connectivity index is 1.83. The van der Waals surface area contributed by atoms with Gasteiger partial charge in [-0.15, -0.1) is 0 Å². The van der Waals surface area contributed by atoms with Gasteiger partial charge < -0.3 is 0 Å². The molecule has 5 rings (SSSR count). The predicted molar refractivity (Wildman–Crippen MR) is 152 cm³/mol. The third kappa shape index (κ3) is 3.77. The standard InChI is InChI=1S/C29H26ClN2OPS/c1-21-17-19-22(20-18-21)27-31-28(33)26(29(35)32-27)34(30,23-11-5-2-6-12-23,24-13-7-3-8-14-24)25-15-9-4-10-16-25/h2-20,27,32,35H,1H3,(H,31,33). The van der Waals surface area contributed by atoms with Crippen molar-refractivity contribution in [3.63, 3.8) is 0 Å². The fourth-order valence-electron chi connectivity index (χ4n) is 4.82. The van der Waals surface area contributed by atoms with Gasteiger partial charge in [0, 0.05) is 0 Å². The normalized spacial score (nSPS) is 17.2. The molecule has 0 spiro atoms. The van der Waals surface area contributed by atoms with Crippen molar-refractivity contribution in [2.75, 3.05) is 0 Å². The van der Waals surface area contributed by atoms with Gasteiger partial charge in [-0.05, 0) is 0 Å². The molecule has 35 heavy (non-hydrogen) atoms. The van der Waals surface area contributed by atoms with E-state index < -0.39 is 12.1 Å². The molecule has 0 saturated carbocycles. The van der Waals surface area contributed by atoms with Crippen molar-refractivity contribution >= 4 is 51.6 Å². The molecular weight excluding hydrogens is 491 g/mol. The number of nitrogens with one attached hydrogen (secondary N) is 2. The number of halogens is 1. The molecule has 2 N–H and O–H groups in total. The maximum atomic E-state index is 14.1. The average molecular weight is 517 g/mol. The van der Waals surface area contributed by atoms with Gasteiger partial charge in [0.1, 0.15) is 0 Å². The second kappa shape index (κ2) is 9.20. The number of thiol groups is 1. The van der Waals surface area contributed by atoms with E-state index in [-0.39, 0.29) is 5.91 Å². The summed E-state index contributed by atoms with van der Waals surface area (Å²) in [5.74, 6) is -4.25. The van der Waals surface area contributed by atoms with Gasteiger partial charge in [0.15, 0.2) is 0 Å². The van der Waals surface area contributed by atoms with Crippen LogP contribution in [0.3, 0.4) is 0 Å². The molecular formula is C29H26ClN2OPS. The molecule has 0 aliphatic carbocycles. The molecule has 0 bridgehead atoms. The van der Waals surface area contributed by atoms with Crippen molar-refractivity contribution in [2.24, 2.45) is 0 Å². The molecule has 1 amide bonds. The van der Waals surface area contributed by atoms with E-state index in [1.807, 2.05) is 122 Å². The van der Waals surface area contributed by atoms with E-state index >= 15 is 0 Å². The zero-order chi connectivity index (χ0) is 24.5. The van der Waals surface area contributed by atoms with Crippen molar-refractivity contribution in [1.82, 2.24) is 10.6 Å². The van der Waals surface area contributed by atoms with Crippen LogP contribution >= 0.6 is 29.8 Å². The third-order valence-corrected chi connectivity index (χ3v) is 14.4. The Hall–Kier alpha value is -3.04. The SMILES string of the molecule is Cc1ccc(C2NC(=O)C(P(Cl)(c3ccccc3)(c3ccccc3)c3ccccc3)=C(S)N2)cc1. The van der Waals surface area contributed by atoms with Crippen molar-refractivity contribution in [1.29, 1.82) is 0 Å². The van der Waals surface area contributed by atoms with Crippen LogP contribution in [-0.4, -0.2) is 5.91 Å². The van der Waals surface area contributed by atoms with Crippen molar-refractivity contribution < 1.29 is 4.79 Å². The Morgan fingerprint density at radius 2 is 1.11 bits per heavy atom. The Morgan fingerprint density at radius 3 is 1.51 bits per heavy atom. The Kier molecular flexibility index (Phi) is 6.23. The summed E-state index contributed by atoms with van der Waals surface area (Å²) >= 11 is 13.1. The number of carbonyl (C=O) groups excluding carboxylic acids is 1. The van der Waals surface area contributed by atoms with Gasteiger partial charge in [-0.2, -0.15) is 0 Å². The molecule has 0 aromatic heterocycles. The van der Waals surface area contributed by atoms with Crippen LogP contribution in [0.15, 0.2) is 126 Å². The van der Waals surface area contributed by atoms with Crippen LogP contribution in [0, 0.1) is 6.92 Å². The van der Waals surface area contributed by atoms with Crippen molar-refractivity contribution in [2.45, 2.75) is 13.1 Å². The molecule has 0 saturated heterocycles. The molecule has 1 atom stereocenters. The van der Waals surface area contributed by atoms with Crippen molar-refractivity contribution in [3.05, 3.63) is 137 Å². The summed E-state index contributed by atoms with van der Waals surface area (Å²) in [6.07, 6.45) is -0.410. The number of aryl methyl sites for hydroxylation is 1. The van der Waals surface area contributed by atoms with E-state index in [4.69, 9.17) is 23.9 Å². The van der Waals surface area contributed by atoms with Crippen molar-refractivity contribution in [3.8, 4) is 0 Å². The molecule has 1 unspecified atom stereocenters. The Morgan fingerprint density at radius 1 is 0.686 bits per heavy atom. The van der Waals surface area contributed by atoms with Crippen LogP contribution in [0.5, 0.6) is 0 Å². The quantitative estimate of drug-likeness (QED) is 0.242. The van der Waals surface area contributed by atoms with Crippen LogP contribution in [0.1, 0.15) is 17.3 Å². The van der Waals surface area contributed by atoms with E-state index in [1.54, 1.807) is 0 Å². The monoisotopic (exact) mass is 516 g/mol. The maximum absolute atomic E-state index is 14.1.